The molecule has 0 bridgehead atoms. The Bertz CT molecular complexity index is 1130. The van der Waals surface area contributed by atoms with Crippen molar-refractivity contribution in [2.45, 2.75) is 24.8 Å². The van der Waals surface area contributed by atoms with Crippen LogP contribution < -0.4 is 10.5 Å². The lowest BCUT2D eigenvalue weighted by atomic mass is 9.72. The van der Waals surface area contributed by atoms with Crippen LogP contribution in [0, 0.1) is 0 Å². The Labute approximate surface area is 163 Å². The van der Waals surface area contributed by atoms with E-state index in [1.165, 1.54) is 12.0 Å². The number of methoxy groups -OCH3 is 1. The van der Waals surface area contributed by atoms with Crippen molar-refractivity contribution in [1.29, 1.82) is 0 Å². The summed E-state index contributed by atoms with van der Waals surface area (Å²) < 4.78 is 6.82. The fourth-order valence-corrected chi connectivity index (χ4v) is 3.74. The lowest BCUT2D eigenvalue weighted by Crippen LogP contribution is -2.43. The number of fused-ring (bicyclic) bond motifs is 1. The molecule has 4 aromatic rings. The van der Waals surface area contributed by atoms with Crippen LogP contribution in [0.3, 0.4) is 0 Å². The summed E-state index contributed by atoms with van der Waals surface area (Å²) in [5, 5.41) is 4.32. The number of nitrogens with zero attached hydrogens (tertiary/aromatic N) is 4. The Morgan fingerprint density at radius 2 is 1.71 bits per heavy atom. The van der Waals surface area contributed by atoms with Crippen molar-refractivity contribution in [3.63, 3.8) is 0 Å². The fourth-order valence-electron chi connectivity index (χ4n) is 3.74. The largest absolute Gasteiger partial charge is 0.466 e. The first-order valence-corrected chi connectivity index (χ1v) is 9.43. The molecule has 0 amide bonds. The third kappa shape index (κ3) is 2.73. The van der Waals surface area contributed by atoms with E-state index in [9.17, 15) is 0 Å². The van der Waals surface area contributed by atoms with Gasteiger partial charge in [-0.25, -0.2) is 9.50 Å². The van der Waals surface area contributed by atoms with Gasteiger partial charge in [-0.3, -0.25) is 0 Å². The molecule has 5 rings (SSSR count). The van der Waals surface area contributed by atoms with Crippen LogP contribution in [-0.4, -0.2) is 26.7 Å². The van der Waals surface area contributed by atoms with E-state index in [1.807, 2.05) is 24.4 Å². The topological polar surface area (TPSA) is 78.3 Å². The maximum Gasteiger partial charge on any atom is 0.337 e. The minimum absolute atomic E-state index is 0.168. The van der Waals surface area contributed by atoms with Gasteiger partial charge in [0.25, 0.3) is 5.78 Å². The molecule has 1 aliphatic rings. The second kappa shape index (κ2) is 6.42. The number of ether oxygens (including phenoxy) is 1. The standard InChI is InChI=1S/C22H21N5O/c1-28-21-25-20-24-19(16-8-10-17(11-9-16)22(23)12-5-13-22)18(14-27(20)26-21)15-6-3-2-4-7-15/h2-4,6-11,14H,5,12-13,23H2,1H3. The summed E-state index contributed by atoms with van der Waals surface area (Å²) in [6.07, 6.45) is 5.24. The molecule has 1 aliphatic carbocycles. The molecule has 0 radical (unpaired) electrons. The molecule has 0 spiro atoms. The van der Waals surface area contributed by atoms with Crippen LogP contribution in [-0.2, 0) is 5.54 Å². The highest BCUT2D eigenvalue weighted by atomic mass is 16.5. The van der Waals surface area contributed by atoms with E-state index in [-0.39, 0.29) is 5.54 Å². The van der Waals surface area contributed by atoms with Crippen molar-refractivity contribution in [3.8, 4) is 28.4 Å². The zero-order valence-corrected chi connectivity index (χ0v) is 15.7. The van der Waals surface area contributed by atoms with Crippen LogP contribution in [0.4, 0.5) is 0 Å². The van der Waals surface area contributed by atoms with Crippen molar-refractivity contribution < 1.29 is 4.74 Å². The molecule has 2 N–H and O–H groups in total. The summed E-state index contributed by atoms with van der Waals surface area (Å²) in [5.74, 6) is 0.505. The number of nitrogens with two attached hydrogens (primary N) is 1. The summed E-state index contributed by atoms with van der Waals surface area (Å²) >= 11 is 0. The minimum atomic E-state index is -0.168. The average molecular weight is 371 g/mol. The molecule has 0 unspecified atom stereocenters. The highest BCUT2D eigenvalue weighted by molar-refractivity contribution is 5.81. The van der Waals surface area contributed by atoms with Crippen LogP contribution in [0.25, 0.3) is 28.2 Å². The first-order valence-electron chi connectivity index (χ1n) is 9.43. The molecule has 2 heterocycles. The number of benzene rings is 2. The monoisotopic (exact) mass is 371 g/mol. The third-order valence-corrected chi connectivity index (χ3v) is 5.56. The normalized spacial score (nSPS) is 15.4. The van der Waals surface area contributed by atoms with Crippen LogP contribution in [0.1, 0.15) is 24.8 Å². The van der Waals surface area contributed by atoms with Crippen LogP contribution in [0.5, 0.6) is 6.01 Å². The molecule has 2 aromatic carbocycles. The van der Waals surface area contributed by atoms with Crippen molar-refractivity contribution in [2.75, 3.05) is 7.11 Å². The zero-order valence-electron chi connectivity index (χ0n) is 15.7. The van der Waals surface area contributed by atoms with Crippen LogP contribution in [0.15, 0.2) is 60.8 Å². The second-order valence-electron chi connectivity index (χ2n) is 7.30. The molecular formula is C22H21N5O. The van der Waals surface area contributed by atoms with Gasteiger partial charge in [-0.1, -0.05) is 54.6 Å². The molecule has 6 heteroatoms. The molecule has 0 saturated heterocycles. The summed E-state index contributed by atoms with van der Waals surface area (Å²) in [4.78, 5) is 9.12. The Morgan fingerprint density at radius 3 is 2.36 bits per heavy atom. The van der Waals surface area contributed by atoms with Gasteiger partial charge < -0.3 is 10.5 Å². The number of aromatic nitrogens is 4. The summed E-state index contributed by atoms with van der Waals surface area (Å²) in [5.41, 5.74) is 11.4. The Morgan fingerprint density at radius 1 is 0.964 bits per heavy atom. The van der Waals surface area contributed by atoms with Gasteiger partial charge in [0.1, 0.15) is 0 Å². The van der Waals surface area contributed by atoms with Crippen LogP contribution in [0.2, 0.25) is 0 Å². The SMILES string of the molecule is COc1nc2nc(-c3ccc(C4(N)CCC4)cc3)c(-c3ccccc3)cn2n1. The average Bonchev–Trinajstić information content (AvgIpc) is 3.14. The number of rotatable bonds is 4. The fraction of sp³-hybridized carbons (Fsp3) is 0.227. The molecule has 140 valence electrons. The van der Waals surface area contributed by atoms with E-state index in [0.717, 1.165) is 35.2 Å². The van der Waals surface area contributed by atoms with Gasteiger partial charge in [-0.05, 0) is 30.4 Å². The van der Waals surface area contributed by atoms with Gasteiger partial charge in [0.05, 0.1) is 12.8 Å². The van der Waals surface area contributed by atoms with E-state index >= 15 is 0 Å². The van der Waals surface area contributed by atoms with E-state index < -0.39 is 0 Å². The number of hydrogen-bond donors (Lipinski definition) is 1. The maximum absolute atomic E-state index is 6.48. The number of hydrogen-bond acceptors (Lipinski definition) is 5. The quantitative estimate of drug-likeness (QED) is 0.590. The Kier molecular flexibility index (Phi) is 3.87. The molecule has 0 aliphatic heterocycles. The molecule has 1 fully saturated rings. The Hall–Kier alpha value is -3.25. The predicted molar refractivity (Wildman–Crippen MR) is 108 cm³/mol. The van der Waals surface area contributed by atoms with Gasteiger partial charge in [-0.15, -0.1) is 5.10 Å². The first-order chi connectivity index (χ1) is 13.7. The van der Waals surface area contributed by atoms with Crippen molar-refractivity contribution in [1.82, 2.24) is 19.6 Å². The first kappa shape index (κ1) is 16.9. The van der Waals surface area contributed by atoms with Gasteiger partial charge >= 0.3 is 6.01 Å². The van der Waals surface area contributed by atoms with E-state index in [4.69, 9.17) is 15.5 Å². The molecule has 28 heavy (non-hydrogen) atoms. The summed E-state index contributed by atoms with van der Waals surface area (Å²) in [7, 11) is 1.55. The molecule has 0 atom stereocenters. The minimum Gasteiger partial charge on any atom is -0.466 e. The molecule has 6 nitrogen and oxygen atoms in total. The summed E-state index contributed by atoms with van der Waals surface area (Å²) in [6, 6.07) is 18.9. The maximum atomic E-state index is 6.48. The highest BCUT2D eigenvalue weighted by Gasteiger charge is 2.34. The molecular weight excluding hydrogens is 350 g/mol. The van der Waals surface area contributed by atoms with Gasteiger partial charge in [0.15, 0.2) is 0 Å². The van der Waals surface area contributed by atoms with E-state index in [2.05, 4.69) is 46.5 Å². The summed E-state index contributed by atoms with van der Waals surface area (Å²) in [6.45, 7) is 0. The van der Waals surface area contributed by atoms with E-state index in [0.29, 0.717) is 11.8 Å². The smallest absolute Gasteiger partial charge is 0.337 e. The van der Waals surface area contributed by atoms with Crippen molar-refractivity contribution in [2.24, 2.45) is 5.73 Å². The lowest BCUT2D eigenvalue weighted by molar-refractivity contribution is 0.253. The van der Waals surface area contributed by atoms with E-state index in [1.54, 1.807) is 11.6 Å². The van der Waals surface area contributed by atoms with Crippen LogP contribution >= 0.6 is 0 Å². The molecule has 1 saturated carbocycles. The molecule has 2 aromatic heterocycles. The van der Waals surface area contributed by atoms with Gasteiger partial charge in [-0.2, -0.15) is 4.98 Å². The second-order valence-corrected chi connectivity index (χ2v) is 7.30. The van der Waals surface area contributed by atoms with Crippen molar-refractivity contribution >= 4 is 5.78 Å². The zero-order chi connectivity index (χ0) is 19.1. The lowest BCUT2D eigenvalue weighted by Gasteiger charge is -2.38. The van der Waals surface area contributed by atoms with Gasteiger partial charge in [0, 0.05) is 22.9 Å². The van der Waals surface area contributed by atoms with Gasteiger partial charge in [0.2, 0.25) is 0 Å². The Balaban J connectivity index is 1.66. The third-order valence-electron chi connectivity index (χ3n) is 5.56. The highest BCUT2D eigenvalue weighted by Crippen LogP contribution is 2.39. The predicted octanol–water partition coefficient (Wildman–Crippen LogP) is 3.80. The van der Waals surface area contributed by atoms with Crippen molar-refractivity contribution in [3.05, 3.63) is 66.4 Å².